The molecule has 14 heteroatoms. The molecule has 0 saturated heterocycles. The third-order valence-corrected chi connectivity index (χ3v) is 8.59. The summed E-state index contributed by atoms with van der Waals surface area (Å²) in [7, 11) is -0.201. The number of nitrogens with one attached hydrogen (secondary N) is 2. The molecule has 2 N–H and O–H groups in total. The van der Waals surface area contributed by atoms with Crippen LogP contribution in [-0.2, 0) is 10.0 Å². The Hall–Kier alpha value is -3.23. The molecule has 2 heterocycles. The number of sulfonamides is 1. The number of ether oxygens (including phenoxy) is 1. The van der Waals surface area contributed by atoms with E-state index in [1.165, 1.54) is 18.6 Å². The van der Waals surface area contributed by atoms with Crippen LogP contribution in [0.4, 0.5) is 14.5 Å². The van der Waals surface area contributed by atoms with Gasteiger partial charge in [0.1, 0.15) is 11.5 Å². The van der Waals surface area contributed by atoms with Gasteiger partial charge < -0.3 is 15.0 Å². The van der Waals surface area contributed by atoms with Crippen LogP contribution in [0.1, 0.15) is 47.6 Å². The number of carbonyl (C=O) groups is 1. The molecule has 1 amide bonds. The average Bonchev–Trinajstić information content (AvgIpc) is 3.62. The second kappa shape index (κ2) is 11.7. The fourth-order valence-corrected chi connectivity index (χ4v) is 5.82. The van der Waals surface area contributed by atoms with Crippen molar-refractivity contribution in [2.45, 2.75) is 37.5 Å². The summed E-state index contributed by atoms with van der Waals surface area (Å²) >= 11 is 1.04. The van der Waals surface area contributed by atoms with Gasteiger partial charge in [-0.25, -0.2) is 27.2 Å². The molecule has 0 bridgehead atoms. The Bertz CT molecular complexity index is 1410. The highest BCUT2D eigenvalue weighted by Gasteiger charge is 2.37. The van der Waals surface area contributed by atoms with Crippen LogP contribution in [-0.4, -0.2) is 66.7 Å². The molecule has 38 heavy (non-hydrogen) atoms. The van der Waals surface area contributed by atoms with Gasteiger partial charge in [-0.3, -0.25) is 14.5 Å². The van der Waals surface area contributed by atoms with E-state index < -0.39 is 44.4 Å². The molecule has 1 fully saturated rings. The van der Waals surface area contributed by atoms with Crippen molar-refractivity contribution in [3.8, 4) is 16.5 Å². The van der Waals surface area contributed by atoms with Crippen LogP contribution in [0.3, 0.4) is 0 Å². The Morgan fingerprint density at radius 3 is 2.68 bits per heavy atom. The van der Waals surface area contributed by atoms with Crippen molar-refractivity contribution in [2.24, 2.45) is 0 Å². The zero-order chi connectivity index (χ0) is 27.4. The maximum atomic E-state index is 15.5. The van der Waals surface area contributed by atoms with E-state index in [1.54, 1.807) is 19.0 Å². The molecule has 10 nitrogen and oxygen atoms in total. The van der Waals surface area contributed by atoms with Crippen molar-refractivity contribution >= 4 is 33.0 Å². The van der Waals surface area contributed by atoms with Crippen molar-refractivity contribution in [1.29, 1.82) is 0 Å². The number of amides is 1. The summed E-state index contributed by atoms with van der Waals surface area (Å²) in [5.74, 6) is -2.28. The van der Waals surface area contributed by atoms with Gasteiger partial charge in [0.05, 0.1) is 40.9 Å². The van der Waals surface area contributed by atoms with Gasteiger partial charge in [-0.2, -0.15) is 0 Å². The molecule has 1 aromatic carbocycles. The van der Waals surface area contributed by atoms with Crippen molar-refractivity contribution in [3.05, 3.63) is 52.9 Å². The molecule has 204 valence electrons. The highest BCUT2D eigenvalue weighted by Crippen LogP contribution is 2.34. The Morgan fingerprint density at radius 2 is 2.00 bits per heavy atom. The van der Waals surface area contributed by atoms with Crippen LogP contribution in [0.25, 0.3) is 10.6 Å². The van der Waals surface area contributed by atoms with Crippen molar-refractivity contribution in [2.75, 3.05) is 32.0 Å². The summed E-state index contributed by atoms with van der Waals surface area (Å²) in [6.07, 6.45) is 5.58. The first kappa shape index (κ1) is 27.8. The van der Waals surface area contributed by atoms with E-state index in [4.69, 9.17) is 4.74 Å². The van der Waals surface area contributed by atoms with E-state index in [-0.39, 0.29) is 17.1 Å². The monoisotopic (exact) mass is 566 g/mol. The normalized spacial score (nSPS) is 14.4. The SMILES string of the molecule is CCOc1cncc(-c2cnc(C(=O)N[C@H](CCN(C)C)c3c(F)ccc(NS(=O)(=O)C4CC4)c3F)s2)n1. The van der Waals surface area contributed by atoms with Crippen LogP contribution in [0.5, 0.6) is 5.88 Å². The van der Waals surface area contributed by atoms with E-state index in [0.717, 1.165) is 23.5 Å². The molecule has 4 rings (SSSR count). The van der Waals surface area contributed by atoms with Crippen LogP contribution < -0.4 is 14.8 Å². The van der Waals surface area contributed by atoms with E-state index in [9.17, 15) is 17.6 Å². The highest BCUT2D eigenvalue weighted by atomic mass is 32.2. The second-order valence-electron chi connectivity index (χ2n) is 8.99. The maximum absolute atomic E-state index is 15.5. The highest BCUT2D eigenvalue weighted by molar-refractivity contribution is 7.93. The topological polar surface area (TPSA) is 126 Å². The van der Waals surface area contributed by atoms with E-state index in [0.29, 0.717) is 42.4 Å². The molecule has 2 aromatic heterocycles. The Labute approximate surface area is 223 Å². The number of halogens is 2. The number of benzene rings is 1. The lowest BCUT2D eigenvalue weighted by Gasteiger charge is -2.23. The molecule has 1 atom stereocenters. The van der Waals surface area contributed by atoms with Crippen molar-refractivity contribution in [3.63, 3.8) is 0 Å². The van der Waals surface area contributed by atoms with Gasteiger partial charge in [-0.05, 0) is 59.0 Å². The van der Waals surface area contributed by atoms with Gasteiger partial charge in [0.15, 0.2) is 10.8 Å². The van der Waals surface area contributed by atoms with Crippen molar-refractivity contribution < 1.29 is 26.7 Å². The minimum atomic E-state index is -3.78. The minimum absolute atomic E-state index is 0.0601. The van der Waals surface area contributed by atoms with E-state index in [1.807, 2.05) is 6.92 Å². The van der Waals surface area contributed by atoms with Gasteiger partial charge >= 0.3 is 0 Å². The third kappa shape index (κ3) is 6.60. The average molecular weight is 567 g/mol. The van der Waals surface area contributed by atoms with Crippen LogP contribution in [0, 0.1) is 11.6 Å². The van der Waals surface area contributed by atoms with E-state index >= 15 is 4.39 Å². The molecular weight excluding hydrogens is 538 g/mol. The van der Waals surface area contributed by atoms with Gasteiger partial charge in [0.2, 0.25) is 15.9 Å². The van der Waals surface area contributed by atoms with Gasteiger partial charge in [-0.15, -0.1) is 11.3 Å². The zero-order valence-corrected chi connectivity index (χ0v) is 22.7. The predicted octanol–water partition coefficient (Wildman–Crippen LogP) is 3.60. The zero-order valence-electron chi connectivity index (χ0n) is 21.1. The first-order valence-corrected chi connectivity index (χ1v) is 14.3. The Kier molecular flexibility index (Phi) is 8.53. The summed E-state index contributed by atoms with van der Waals surface area (Å²) in [4.78, 5) is 28.1. The van der Waals surface area contributed by atoms with Crippen LogP contribution in [0.2, 0.25) is 0 Å². The number of carbonyl (C=O) groups excluding carboxylic acids is 1. The molecular formula is C24H28F2N6O4S2. The number of aromatic nitrogens is 3. The summed E-state index contributed by atoms with van der Waals surface area (Å²) < 4.78 is 62.8. The molecule has 0 unspecified atom stereocenters. The molecule has 0 aliphatic heterocycles. The van der Waals surface area contributed by atoms with Crippen molar-refractivity contribution in [1.82, 2.24) is 25.2 Å². The van der Waals surface area contributed by atoms with Crippen LogP contribution in [0.15, 0.2) is 30.7 Å². The van der Waals surface area contributed by atoms with E-state index in [2.05, 4.69) is 25.0 Å². The number of thiazole rings is 1. The molecule has 1 aliphatic carbocycles. The number of hydrogen-bond donors (Lipinski definition) is 2. The minimum Gasteiger partial charge on any atom is -0.477 e. The van der Waals surface area contributed by atoms with Crippen LogP contribution >= 0.6 is 11.3 Å². The van der Waals surface area contributed by atoms with Gasteiger partial charge in [0, 0.05) is 11.8 Å². The van der Waals surface area contributed by atoms with Gasteiger partial charge in [-0.1, -0.05) is 0 Å². The smallest absolute Gasteiger partial charge is 0.280 e. The molecule has 3 aromatic rings. The summed E-state index contributed by atoms with van der Waals surface area (Å²) in [6, 6.07) is 0.941. The summed E-state index contributed by atoms with van der Waals surface area (Å²) in [5, 5.41) is 2.15. The number of nitrogens with zero attached hydrogens (tertiary/aromatic N) is 4. The first-order chi connectivity index (χ1) is 18.1. The molecule has 0 spiro atoms. The first-order valence-electron chi connectivity index (χ1n) is 11.9. The lowest BCUT2D eigenvalue weighted by Crippen LogP contribution is -2.32. The summed E-state index contributed by atoms with van der Waals surface area (Å²) in [5.41, 5.74) is -0.325. The maximum Gasteiger partial charge on any atom is 0.280 e. The number of anilines is 1. The fourth-order valence-electron chi connectivity index (χ4n) is 3.66. The molecule has 0 radical (unpaired) electrons. The number of hydrogen-bond acceptors (Lipinski definition) is 9. The third-order valence-electron chi connectivity index (χ3n) is 5.72. The molecule has 1 aliphatic rings. The quantitative estimate of drug-likeness (QED) is 0.341. The van der Waals surface area contributed by atoms with Gasteiger partial charge in [0.25, 0.3) is 5.91 Å². The lowest BCUT2D eigenvalue weighted by atomic mass is 10.0. The lowest BCUT2D eigenvalue weighted by molar-refractivity contribution is 0.0931. The predicted molar refractivity (Wildman–Crippen MR) is 140 cm³/mol. The standard InChI is InChI=1S/C24H28F2N6O4S2/c1-4-36-20-13-27-11-18(29-20)19-12-28-24(37-19)23(33)30-16(9-10-32(2)3)21-15(25)7-8-17(22(21)26)31-38(34,35)14-5-6-14/h7-8,11-14,16,31H,4-6,9-10H2,1-3H3,(H,30,33)/t16-/m1/s1. The second-order valence-corrected chi connectivity index (χ2v) is 12.0. The molecule has 1 saturated carbocycles. The summed E-state index contributed by atoms with van der Waals surface area (Å²) in [6.45, 7) is 2.63. The fraction of sp³-hybridized carbons (Fsp3) is 0.417. The Balaban J connectivity index is 1.60. The largest absolute Gasteiger partial charge is 0.477 e. The Morgan fingerprint density at radius 1 is 1.24 bits per heavy atom. The number of rotatable bonds is 12.